The fourth-order valence-electron chi connectivity index (χ4n) is 1.86. The van der Waals surface area contributed by atoms with Gasteiger partial charge in [0, 0.05) is 0 Å². The Labute approximate surface area is 145 Å². The predicted octanol–water partition coefficient (Wildman–Crippen LogP) is 2.80. The standard InChI is InChI=1S/C15H12F3NO4S2/c16-15(17,18)13(20)11-6-7-12(24-11)14(21)19-25(22,23)9-8-10-4-2-1-3-5-10/h1-7H,8-9H2,(H,19,21). The Morgan fingerprint density at radius 2 is 1.60 bits per heavy atom. The van der Waals surface area contributed by atoms with Crippen LogP contribution in [0.25, 0.3) is 0 Å². The summed E-state index contributed by atoms with van der Waals surface area (Å²) in [6, 6.07) is 10.5. The Morgan fingerprint density at radius 1 is 1.00 bits per heavy atom. The highest BCUT2D eigenvalue weighted by Gasteiger charge is 2.40. The van der Waals surface area contributed by atoms with Crippen LogP contribution >= 0.6 is 11.3 Å². The molecule has 0 aliphatic rings. The third kappa shape index (κ3) is 5.40. The van der Waals surface area contributed by atoms with Crippen LogP contribution in [-0.2, 0) is 16.4 Å². The average molecular weight is 391 g/mol. The van der Waals surface area contributed by atoms with E-state index in [0.717, 1.165) is 17.7 Å². The van der Waals surface area contributed by atoms with E-state index >= 15 is 0 Å². The summed E-state index contributed by atoms with van der Waals surface area (Å²) in [6.45, 7) is 0. The first-order valence-corrected chi connectivity index (χ1v) is 9.35. The summed E-state index contributed by atoms with van der Waals surface area (Å²) in [5.74, 6) is -3.51. The molecule has 10 heteroatoms. The van der Waals surface area contributed by atoms with Crippen LogP contribution in [0, 0.1) is 0 Å². The van der Waals surface area contributed by atoms with Crippen LogP contribution in [0.2, 0.25) is 0 Å². The summed E-state index contributed by atoms with van der Waals surface area (Å²) in [5, 5.41) is 0. The van der Waals surface area contributed by atoms with Gasteiger partial charge in [-0.1, -0.05) is 30.3 Å². The summed E-state index contributed by atoms with van der Waals surface area (Å²) >= 11 is 0.285. The number of hydrogen-bond acceptors (Lipinski definition) is 5. The molecule has 5 nitrogen and oxygen atoms in total. The first-order chi connectivity index (χ1) is 11.6. The van der Waals surface area contributed by atoms with Crippen LogP contribution < -0.4 is 4.72 Å². The van der Waals surface area contributed by atoms with Crippen LogP contribution in [0.1, 0.15) is 24.9 Å². The van der Waals surface area contributed by atoms with Crippen molar-refractivity contribution < 1.29 is 31.2 Å². The Kier molecular flexibility index (Phi) is 5.63. The molecule has 0 saturated heterocycles. The second-order valence-electron chi connectivity index (χ2n) is 4.98. The van der Waals surface area contributed by atoms with Crippen LogP contribution in [0.4, 0.5) is 13.2 Å². The van der Waals surface area contributed by atoms with Gasteiger partial charge in [0.05, 0.1) is 15.5 Å². The number of carbonyl (C=O) groups is 2. The fraction of sp³-hybridized carbons (Fsp3) is 0.200. The number of ketones is 1. The fourth-order valence-corrected chi connectivity index (χ4v) is 3.79. The van der Waals surface area contributed by atoms with Crippen LogP contribution in [0.15, 0.2) is 42.5 Å². The molecule has 1 N–H and O–H groups in total. The highest BCUT2D eigenvalue weighted by Crippen LogP contribution is 2.26. The largest absolute Gasteiger partial charge is 0.455 e. The molecule has 0 spiro atoms. The number of aryl methyl sites for hydroxylation is 1. The van der Waals surface area contributed by atoms with Crippen LogP contribution in [-0.4, -0.2) is 32.0 Å². The monoisotopic (exact) mass is 391 g/mol. The SMILES string of the molecule is O=C(NS(=O)(=O)CCc1ccccc1)c1ccc(C(=O)C(F)(F)F)s1. The van der Waals surface area contributed by atoms with Crippen molar-refractivity contribution in [2.75, 3.05) is 5.75 Å². The Hall–Kier alpha value is -2.20. The molecule has 134 valence electrons. The van der Waals surface area contributed by atoms with Crippen LogP contribution in [0.5, 0.6) is 0 Å². The first kappa shape index (κ1) is 19.1. The molecular weight excluding hydrogens is 379 g/mol. The number of sulfonamides is 1. The average Bonchev–Trinajstić information content (AvgIpc) is 3.02. The molecule has 0 atom stereocenters. The molecule has 0 aliphatic heterocycles. The van der Waals surface area contributed by atoms with Gasteiger partial charge in [0.15, 0.2) is 0 Å². The summed E-state index contributed by atoms with van der Waals surface area (Å²) in [4.78, 5) is 22.0. The Morgan fingerprint density at radius 3 is 2.20 bits per heavy atom. The molecule has 1 amide bonds. The lowest BCUT2D eigenvalue weighted by molar-refractivity contribution is -0.0882. The van der Waals surface area contributed by atoms with Gasteiger partial charge in [0.25, 0.3) is 11.7 Å². The van der Waals surface area contributed by atoms with Crippen molar-refractivity contribution in [2.24, 2.45) is 0 Å². The van der Waals surface area contributed by atoms with Gasteiger partial charge in [-0.3, -0.25) is 9.59 Å². The number of Topliss-reactive ketones (excluding diaryl/α,β-unsaturated/α-hetero) is 1. The quantitative estimate of drug-likeness (QED) is 0.768. The molecule has 1 heterocycles. The number of thiophene rings is 1. The molecule has 2 rings (SSSR count). The highest BCUT2D eigenvalue weighted by molar-refractivity contribution is 7.90. The number of benzene rings is 1. The van der Waals surface area contributed by atoms with E-state index in [2.05, 4.69) is 0 Å². The van der Waals surface area contributed by atoms with Crippen molar-refractivity contribution in [1.82, 2.24) is 4.72 Å². The minimum atomic E-state index is -5.06. The molecule has 0 bridgehead atoms. The topological polar surface area (TPSA) is 80.3 Å². The minimum absolute atomic E-state index is 0.172. The number of halogens is 3. The van der Waals surface area contributed by atoms with Crippen molar-refractivity contribution >= 4 is 33.1 Å². The van der Waals surface area contributed by atoms with Gasteiger partial charge in [0.2, 0.25) is 10.0 Å². The van der Waals surface area contributed by atoms with Gasteiger partial charge in [-0.05, 0) is 24.1 Å². The number of nitrogens with one attached hydrogen (secondary N) is 1. The molecule has 0 radical (unpaired) electrons. The molecule has 0 fully saturated rings. The second kappa shape index (κ2) is 7.36. The summed E-state index contributed by atoms with van der Waals surface area (Å²) in [6.07, 6.45) is -4.88. The molecule has 0 aliphatic carbocycles. The summed E-state index contributed by atoms with van der Waals surface area (Å²) < 4.78 is 62.6. The maximum atomic E-state index is 12.3. The van der Waals surface area contributed by atoms with E-state index in [4.69, 9.17) is 0 Å². The van der Waals surface area contributed by atoms with Crippen molar-refractivity contribution in [2.45, 2.75) is 12.6 Å². The van der Waals surface area contributed by atoms with Gasteiger partial charge >= 0.3 is 6.18 Å². The number of alkyl halides is 3. The number of hydrogen-bond donors (Lipinski definition) is 1. The lowest BCUT2D eigenvalue weighted by Gasteiger charge is -2.06. The third-order valence-electron chi connectivity index (χ3n) is 3.06. The van der Waals surface area contributed by atoms with E-state index in [0.29, 0.717) is 0 Å². The predicted molar refractivity (Wildman–Crippen MR) is 86.1 cm³/mol. The minimum Gasteiger partial charge on any atom is -0.283 e. The zero-order valence-corrected chi connectivity index (χ0v) is 14.2. The summed E-state index contributed by atoms with van der Waals surface area (Å²) in [7, 11) is -3.97. The van der Waals surface area contributed by atoms with Gasteiger partial charge in [-0.25, -0.2) is 13.1 Å². The van der Waals surface area contributed by atoms with Gasteiger partial charge < -0.3 is 0 Å². The van der Waals surface area contributed by atoms with Crippen molar-refractivity contribution in [3.05, 3.63) is 57.8 Å². The molecule has 1 aromatic heterocycles. The van der Waals surface area contributed by atoms with Gasteiger partial charge in [-0.15, -0.1) is 11.3 Å². The third-order valence-corrected chi connectivity index (χ3v) is 5.38. The van der Waals surface area contributed by atoms with Crippen LogP contribution in [0.3, 0.4) is 0 Å². The number of amides is 1. The van der Waals surface area contributed by atoms with Crippen molar-refractivity contribution in [1.29, 1.82) is 0 Å². The van der Waals surface area contributed by atoms with E-state index in [-0.39, 0.29) is 28.4 Å². The first-order valence-electron chi connectivity index (χ1n) is 6.88. The van der Waals surface area contributed by atoms with Crippen molar-refractivity contribution in [3.63, 3.8) is 0 Å². The number of rotatable bonds is 6. The van der Waals surface area contributed by atoms with Gasteiger partial charge in [-0.2, -0.15) is 13.2 Å². The molecular formula is C15H12F3NO4S2. The zero-order chi connectivity index (χ0) is 18.7. The molecule has 0 saturated carbocycles. The molecule has 0 unspecified atom stereocenters. The molecule has 2 aromatic rings. The van der Waals surface area contributed by atoms with Crippen molar-refractivity contribution in [3.8, 4) is 0 Å². The Balaban J connectivity index is 2.01. The maximum Gasteiger partial charge on any atom is 0.455 e. The van der Waals surface area contributed by atoms with E-state index < -0.39 is 32.8 Å². The normalized spacial score (nSPS) is 12.0. The maximum absolute atomic E-state index is 12.3. The smallest absolute Gasteiger partial charge is 0.283 e. The van der Waals surface area contributed by atoms with Gasteiger partial charge in [0.1, 0.15) is 0 Å². The zero-order valence-electron chi connectivity index (χ0n) is 12.5. The Bertz CT molecular complexity index is 874. The van der Waals surface area contributed by atoms with E-state index in [1.807, 2.05) is 0 Å². The van der Waals surface area contributed by atoms with E-state index in [1.165, 1.54) is 0 Å². The summed E-state index contributed by atoms with van der Waals surface area (Å²) in [5.41, 5.74) is 0.759. The lowest BCUT2D eigenvalue weighted by Crippen LogP contribution is -2.32. The molecule has 1 aromatic carbocycles. The molecule has 25 heavy (non-hydrogen) atoms. The van der Waals surface area contributed by atoms with E-state index in [1.54, 1.807) is 35.1 Å². The second-order valence-corrected chi connectivity index (χ2v) is 7.90. The van der Waals surface area contributed by atoms with E-state index in [9.17, 15) is 31.2 Å². The highest BCUT2D eigenvalue weighted by atomic mass is 32.2. The lowest BCUT2D eigenvalue weighted by atomic mass is 10.2. The number of carbonyl (C=O) groups excluding carboxylic acids is 2.